The fraction of sp³-hybridized carbons (Fsp3) is 0. The molecule has 0 atom stereocenters. The van der Waals surface area contributed by atoms with E-state index in [1.54, 1.807) is 12.1 Å². The number of thiocarbonyl (C=S) groups is 1. The fourth-order valence-corrected chi connectivity index (χ4v) is 2.05. The number of rotatable bonds is 2. The van der Waals surface area contributed by atoms with Crippen LogP contribution in [0.5, 0.6) is 0 Å². The van der Waals surface area contributed by atoms with Gasteiger partial charge in [0.05, 0.1) is 17.3 Å². The molecule has 0 fully saturated rings. The Bertz CT molecular complexity index is 688. The van der Waals surface area contributed by atoms with E-state index in [1.165, 1.54) is 12.4 Å². The van der Waals surface area contributed by atoms with Gasteiger partial charge in [-0.05, 0) is 12.1 Å². The number of aromatic nitrogens is 3. The summed E-state index contributed by atoms with van der Waals surface area (Å²) in [4.78, 5) is 29.3. The number of amides is 2. The average Bonchev–Trinajstić information content (AvgIpc) is 2.95. The molecule has 3 rings (SSSR count). The van der Waals surface area contributed by atoms with Crippen molar-refractivity contribution < 1.29 is 9.59 Å². The van der Waals surface area contributed by atoms with Crippen molar-refractivity contribution in [2.24, 2.45) is 5.73 Å². The van der Waals surface area contributed by atoms with Crippen LogP contribution in [0, 0.1) is 0 Å². The summed E-state index contributed by atoms with van der Waals surface area (Å²) in [7, 11) is 0. The van der Waals surface area contributed by atoms with Crippen LogP contribution in [0.1, 0.15) is 26.4 Å². The third-order valence-corrected chi connectivity index (χ3v) is 2.98. The molecule has 8 heteroatoms. The van der Waals surface area contributed by atoms with Gasteiger partial charge in [-0.1, -0.05) is 12.2 Å². The van der Waals surface area contributed by atoms with E-state index in [2.05, 4.69) is 15.2 Å². The highest BCUT2D eigenvalue weighted by molar-refractivity contribution is 7.80. The summed E-state index contributed by atoms with van der Waals surface area (Å²) in [5, 5.41) is 6.32. The number of H-pyrrole nitrogens is 1. The number of pyridine rings is 1. The van der Waals surface area contributed by atoms with Crippen LogP contribution in [0.2, 0.25) is 0 Å². The molecule has 0 aromatic carbocycles. The zero-order valence-electron chi connectivity index (χ0n) is 9.45. The number of hydrogen-bond acceptors (Lipinski definition) is 5. The zero-order chi connectivity index (χ0) is 13.6. The molecular weight excluding hydrogens is 266 g/mol. The van der Waals surface area contributed by atoms with Crippen LogP contribution in [-0.2, 0) is 0 Å². The quantitative estimate of drug-likeness (QED) is 0.600. The lowest BCUT2D eigenvalue weighted by Gasteiger charge is -2.12. The molecule has 94 valence electrons. The van der Waals surface area contributed by atoms with Crippen LogP contribution in [0.15, 0.2) is 24.5 Å². The van der Waals surface area contributed by atoms with Crippen molar-refractivity contribution in [2.45, 2.75) is 0 Å². The van der Waals surface area contributed by atoms with Gasteiger partial charge in [-0.25, -0.2) is 4.90 Å². The molecule has 2 amide bonds. The number of carbonyl (C=O) groups excluding carboxylic acids is 2. The third-order valence-electron chi connectivity index (χ3n) is 2.76. The van der Waals surface area contributed by atoms with Gasteiger partial charge in [-0.2, -0.15) is 5.10 Å². The first kappa shape index (κ1) is 11.5. The molecule has 0 saturated heterocycles. The summed E-state index contributed by atoms with van der Waals surface area (Å²) < 4.78 is 0. The molecule has 2 aromatic rings. The van der Waals surface area contributed by atoms with Crippen molar-refractivity contribution in [3.05, 3.63) is 41.3 Å². The minimum absolute atomic E-state index is 0.0493. The highest BCUT2D eigenvalue weighted by Gasteiger charge is 2.39. The smallest absolute Gasteiger partial charge is 0.285 e. The minimum atomic E-state index is -0.526. The molecule has 19 heavy (non-hydrogen) atoms. The van der Waals surface area contributed by atoms with Crippen LogP contribution in [0.3, 0.4) is 0 Å². The number of nitrogens with one attached hydrogen (secondary N) is 1. The van der Waals surface area contributed by atoms with Gasteiger partial charge in [-0.3, -0.25) is 19.7 Å². The van der Waals surface area contributed by atoms with Crippen LogP contribution >= 0.6 is 12.2 Å². The standard InChI is InChI=1S/C11H7N5O2S/c12-8(19)6-4-14-15-9(6)16-10(17)5-2-1-3-13-7(5)11(16)18/h1-4H,(H2,12,19)(H,14,15). The first-order valence-electron chi connectivity index (χ1n) is 5.28. The van der Waals surface area contributed by atoms with Crippen LogP contribution in [-0.4, -0.2) is 32.0 Å². The number of aromatic amines is 1. The van der Waals surface area contributed by atoms with E-state index >= 15 is 0 Å². The highest BCUT2D eigenvalue weighted by Crippen LogP contribution is 2.27. The van der Waals surface area contributed by atoms with E-state index in [-0.39, 0.29) is 22.1 Å². The Morgan fingerprint density at radius 3 is 2.84 bits per heavy atom. The van der Waals surface area contributed by atoms with E-state index < -0.39 is 11.8 Å². The summed E-state index contributed by atoms with van der Waals surface area (Å²) in [6.45, 7) is 0. The predicted molar refractivity (Wildman–Crippen MR) is 69.9 cm³/mol. The molecule has 0 unspecified atom stereocenters. The summed E-state index contributed by atoms with van der Waals surface area (Å²) in [5.74, 6) is -0.835. The molecule has 0 saturated carbocycles. The SMILES string of the molecule is NC(=S)c1cn[nH]c1N1C(=O)c2cccnc2C1=O. The first-order valence-corrected chi connectivity index (χ1v) is 5.69. The van der Waals surface area contributed by atoms with Gasteiger partial charge >= 0.3 is 0 Å². The summed E-state index contributed by atoms with van der Waals surface area (Å²) >= 11 is 4.86. The molecule has 7 nitrogen and oxygen atoms in total. The monoisotopic (exact) mass is 273 g/mol. The maximum absolute atomic E-state index is 12.2. The number of hydrogen-bond donors (Lipinski definition) is 2. The summed E-state index contributed by atoms with van der Waals surface area (Å²) in [6, 6.07) is 3.13. The molecule has 2 aromatic heterocycles. The lowest BCUT2D eigenvalue weighted by Crippen LogP contribution is -2.31. The Morgan fingerprint density at radius 1 is 1.37 bits per heavy atom. The number of anilines is 1. The second-order valence-electron chi connectivity index (χ2n) is 3.84. The number of fused-ring (bicyclic) bond motifs is 1. The van der Waals surface area contributed by atoms with E-state index in [4.69, 9.17) is 18.0 Å². The summed E-state index contributed by atoms with van der Waals surface area (Å²) in [5.41, 5.74) is 6.22. The zero-order valence-corrected chi connectivity index (χ0v) is 10.3. The van der Waals surface area contributed by atoms with E-state index in [1.807, 2.05) is 0 Å². The molecule has 3 N–H and O–H groups in total. The molecule has 3 heterocycles. The van der Waals surface area contributed by atoms with Gasteiger partial charge in [0.25, 0.3) is 11.8 Å². The second kappa shape index (κ2) is 3.95. The maximum Gasteiger partial charge on any atom is 0.285 e. The molecule has 1 aliphatic heterocycles. The van der Waals surface area contributed by atoms with E-state index in [0.717, 1.165) is 4.90 Å². The Labute approximate surface area is 112 Å². The van der Waals surface area contributed by atoms with Gasteiger partial charge in [0, 0.05) is 6.20 Å². The third kappa shape index (κ3) is 1.54. The van der Waals surface area contributed by atoms with Crippen molar-refractivity contribution in [1.82, 2.24) is 15.2 Å². The van der Waals surface area contributed by atoms with E-state index in [0.29, 0.717) is 5.56 Å². The largest absolute Gasteiger partial charge is 0.389 e. The Hall–Kier alpha value is -2.61. The topological polar surface area (TPSA) is 105 Å². The lowest BCUT2D eigenvalue weighted by molar-refractivity contribution is 0.0923. The Balaban J connectivity index is 2.14. The van der Waals surface area contributed by atoms with Crippen molar-refractivity contribution in [2.75, 3.05) is 4.90 Å². The molecule has 0 bridgehead atoms. The van der Waals surface area contributed by atoms with Gasteiger partial charge in [-0.15, -0.1) is 0 Å². The Morgan fingerprint density at radius 2 is 2.16 bits per heavy atom. The number of carbonyl (C=O) groups is 2. The first-order chi connectivity index (χ1) is 9.11. The van der Waals surface area contributed by atoms with Gasteiger partial charge in [0.1, 0.15) is 16.5 Å². The molecule has 0 radical (unpaired) electrons. The lowest BCUT2D eigenvalue weighted by atomic mass is 10.2. The molecule has 1 aliphatic rings. The normalized spacial score (nSPS) is 13.8. The molecule has 0 spiro atoms. The number of nitrogens with two attached hydrogens (primary N) is 1. The van der Waals surface area contributed by atoms with Crippen molar-refractivity contribution in [3.63, 3.8) is 0 Å². The van der Waals surface area contributed by atoms with Crippen molar-refractivity contribution in [1.29, 1.82) is 0 Å². The van der Waals surface area contributed by atoms with Crippen LogP contribution in [0.4, 0.5) is 5.82 Å². The van der Waals surface area contributed by atoms with Crippen LogP contribution < -0.4 is 10.6 Å². The number of imide groups is 1. The van der Waals surface area contributed by atoms with Gasteiger partial charge in [0.15, 0.2) is 0 Å². The molecule has 0 aliphatic carbocycles. The highest BCUT2D eigenvalue weighted by atomic mass is 32.1. The van der Waals surface area contributed by atoms with Gasteiger partial charge < -0.3 is 5.73 Å². The second-order valence-corrected chi connectivity index (χ2v) is 4.28. The molecular formula is C11H7N5O2S. The number of nitrogens with zero attached hydrogens (tertiary/aromatic N) is 3. The minimum Gasteiger partial charge on any atom is -0.389 e. The summed E-state index contributed by atoms with van der Waals surface area (Å²) in [6.07, 6.45) is 2.82. The fourth-order valence-electron chi connectivity index (χ4n) is 1.90. The average molecular weight is 273 g/mol. The van der Waals surface area contributed by atoms with Crippen LogP contribution in [0.25, 0.3) is 0 Å². The van der Waals surface area contributed by atoms with Gasteiger partial charge in [0.2, 0.25) is 0 Å². The maximum atomic E-state index is 12.2. The Kier molecular flexibility index (Phi) is 2.39. The van der Waals surface area contributed by atoms with Crippen molar-refractivity contribution >= 4 is 34.8 Å². The van der Waals surface area contributed by atoms with E-state index in [9.17, 15) is 9.59 Å². The van der Waals surface area contributed by atoms with Crippen molar-refractivity contribution in [3.8, 4) is 0 Å². The predicted octanol–water partition coefficient (Wildman–Crippen LogP) is 0.240.